The Morgan fingerprint density at radius 2 is 2.55 bits per heavy atom. The van der Waals surface area contributed by atoms with Crippen molar-refractivity contribution in [3.05, 3.63) is 0 Å². The van der Waals surface area contributed by atoms with Gasteiger partial charge in [-0.1, -0.05) is 12.2 Å². The van der Waals surface area contributed by atoms with Gasteiger partial charge in [0, 0.05) is 13.1 Å². The third-order valence-corrected chi connectivity index (χ3v) is 2.53. The smallest absolute Gasteiger partial charge is 0.305 e. The number of hydrogen-bond acceptors (Lipinski definition) is 2. The summed E-state index contributed by atoms with van der Waals surface area (Å²) in [6, 6.07) is 0.125. The van der Waals surface area contributed by atoms with Crippen molar-refractivity contribution in [1.82, 2.24) is 4.90 Å². The van der Waals surface area contributed by atoms with E-state index in [9.17, 15) is 4.79 Å². The van der Waals surface area contributed by atoms with E-state index in [0.717, 1.165) is 17.8 Å². The van der Waals surface area contributed by atoms with Crippen LogP contribution in [0, 0.1) is 0 Å². The van der Waals surface area contributed by atoms with Gasteiger partial charge in [0.2, 0.25) is 0 Å². The van der Waals surface area contributed by atoms with E-state index >= 15 is 0 Å². The number of thiocarbonyl (C=S) groups is 1. The Balaban J connectivity index is 2.48. The van der Waals surface area contributed by atoms with Crippen LogP contribution in [0.2, 0.25) is 0 Å². The molecule has 0 aromatic carbocycles. The van der Waals surface area contributed by atoms with Crippen LogP contribution in [0.15, 0.2) is 0 Å². The molecule has 1 rings (SSSR count). The molecule has 0 aliphatic carbocycles. The highest BCUT2D eigenvalue weighted by atomic mass is 32.1. The highest BCUT2D eigenvalue weighted by Gasteiger charge is 2.26. The van der Waals surface area contributed by atoms with Crippen molar-refractivity contribution in [2.24, 2.45) is 0 Å². The van der Waals surface area contributed by atoms with Crippen LogP contribution in [0.5, 0.6) is 0 Å². The van der Waals surface area contributed by atoms with Gasteiger partial charge in [0.15, 0.2) is 0 Å². The second-order valence-electron chi connectivity index (χ2n) is 2.80. The van der Waals surface area contributed by atoms with Crippen molar-refractivity contribution < 1.29 is 9.90 Å². The van der Waals surface area contributed by atoms with Gasteiger partial charge in [0.05, 0.1) is 11.4 Å². The first-order valence-corrected chi connectivity index (χ1v) is 3.99. The van der Waals surface area contributed by atoms with E-state index in [4.69, 9.17) is 17.3 Å². The van der Waals surface area contributed by atoms with Crippen molar-refractivity contribution >= 4 is 23.2 Å². The zero-order chi connectivity index (χ0) is 8.43. The minimum Gasteiger partial charge on any atom is -0.481 e. The van der Waals surface area contributed by atoms with E-state index in [0.29, 0.717) is 0 Å². The van der Waals surface area contributed by atoms with Crippen LogP contribution in [-0.4, -0.2) is 34.1 Å². The van der Waals surface area contributed by atoms with Crippen LogP contribution < -0.4 is 0 Å². The van der Waals surface area contributed by atoms with Gasteiger partial charge >= 0.3 is 5.97 Å². The Kier molecular flexibility index (Phi) is 2.44. The van der Waals surface area contributed by atoms with Gasteiger partial charge < -0.3 is 10.0 Å². The highest BCUT2D eigenvalue weighted by Crippen LogP contribution is 2.20. The molecule has 0 radical (unpaired) electrons. The minimum absolute atomic E-state index is 0.125. The van der Waals surface area contributed by atoms with Crippen LogP contribution in [0.4, 0.5) is 0 Å². The average Bonchev–Trinajstić information content (AvgIpc) is 2.18. The molecule has 0 aromatic rings. The predicted molar refractivity (Wildman–Crippen MR) is 45.6 cm³/mol. The molecule has 11 heavy (non-hydrogen) atoms. The summed E-state index contributed by atoms with van der Waals surface area (Å²) in [5.41, 5.74) is 0. The summed E-state index contributed by atoms with van der Waals surface area (Å²) >= 11 is 5.00. The molecule has 1 heterocycles. The van der Waals surface area contributed by atoms with Crippen LogP contribution in [0.25, 0.3) is 0 Å². The quantitative estimate of drug-likeness (QED) is 0.629. The molecule has 1 atom stereocenters. The Hall–Kier alpha value is -0.640. The second kappa shape index (κ2) is 3.17. The first-order chi connectivity index (χ1) is 5.11. The SMILES string of the molecule is CN1C(=S)CC[C@H]1CC(=O)O. The normalized spacial score (nSPS) is 24.3. The fraction of sp³-hybridized carbons (Fsp3) is 0.714. The number of carbonyl (C=O) groups is 1. The summed E-state index contributed by atoms with van der Waals surface area (Å²) in [5.74, 6) is -0.744. The van der Waals surface area contributed by atoms with E-state index in [-0.39, 0.29) is 12.5 Å². The number of nitrogens with zero attached hydrogens (tertiary/aromatic N) is 1. The maximum atomic E-state index is 10.3. The zero-order valence-corrected chi connectivity index (χ0v) is 7.23. The monoisotopic (exact) mass is 173 g/mol. The Bertz CT molecular complexity index is 193. The average molecular weight is 173 g/mol. The maximum absolute atomic E-state index is 10.3. The van der Waals surface area contributed by atoms with E-state index in [1.54, 1.807) is 0 Å². The molecular formula is C7H11NO2S. The van der Waals surface area contributed by atoms with Crippen LogP contribution >= 0.6 is 12.2 Å². The first kappa shape index (κ1) is 8.46. The molecule has 0 amide bonds. The van der Waals surface area contributed by atoms with Crippen LogP contribution in [0.3, 0.4) is 0 Å². The van der Waals surface area contributed by atoms with Crippen molar-refractivity contribution in [1.29, 1.82) is 0 Å². The molecule has 1 aliphatic heterocycles. The molecule has 1 N–H and O–H groups in total. The van der Waals surface area contributed by atoms with Crippen LogP contribution in [0.1, 0.15) is 19.3 Å². The fourth-order valence-electron chi connectivity index (χ4n) is 1.30. The molecule has 0 saturated carbocycles. The molecule has 0 spiro atoms. The standard InChI is InChI=1S/C7H11NO2S/c1-8-5(4-7(9)10)2-3-6(8)11/h5H,2-4H2,1H3,(H,9,10)/t5-/m0/s1. The molecule has 4 heteroatoms. The van der Waals surface area contributed by atoms with Crippen molar-refractivity contribution in [2.75, 3.05) is 7.05 Å². The summed E-state index contributed by atoms with van der Waals surface area (Å²) < 4.78 is 0. The van der Waals surface area contributed by atoms with Crippen LogP contribution in [-0.2, 0) is 4.79 Å². The third kappa shape index (κ3) is 1.89. The largest absolute Gasteiger partial charge is 0.481 e. The predicted octanol–water partition coefficient (Wildman–Crippen LogP) is 0.883. The van der Waals surface area contributed by atoms with Crippen molar-refractivity contribution in [3.63, 3.8) is 0 Å². The van der Waals surface area contributed by atoms with Crippen molar-refractivity contribution in [2.45, 2.75) is 25.3 Å². The Labute approximate surface area is 71.0 Å². The second-order valence-corrected chi connectivity index (χ2v) is 3.27. The minimum atomic E-state index is -0.744. The Morgan fingerprint density at radius 3 is 2.91 bits per heavy atom. The lowest BCUT2D eigenvalue weighted by Gasteiger charge is -2.19. The summed E-state index contributed by atoms with van der Waals surface area (Å²) in [6.45, 7) is 0. The van der Waals surface area contributed by atoms with E-state index in [1.807, 2.05) is 11.9 Å². The lowest BCUT2D eigenvalue weighted by molar-refractivity contribution is -0.137. The summed E-state index contributed by atoms with van der Waals surface area (Å²) in [7, 11) is 1.86. The topological polar surface area (TPSA) is 40.5 Å². The molecule has 0 bridgehead atoms. The molecule has 62 valence electrons. The number of hydrogen-bond donors (Lipinski definition) is 1. The molecular weight excluding hydrogens is 162 g/mol. The molecule has 3 nitrogen and oxygen atoms in total. The molecule has 1 fully saturated rings. The fourth-order valence-corrected chi connectivity index (χ4v) is 1.57. The van der Waals surface area contributed by atoms with E-state index in [2.05, 4.69) is 0 Å². The Morgan fingerprint density at radius 1 is 1.91 bits per heavy atom. The lowest BCUT2D eigenvalue weighted by Crippen LogP contribution is -2.29. The van der Waals surface area contributed by atoms with Gasteiger partial charge in [-0.3, -0.25) is 4.79 Å². The maximum Gasteiger partial charge on any atom is 0.305 e. The van der Waals surface area contributed by atoms with Gasteiger partial charge in [-0.15, -0.1) is 0 Å². The summed E-state index contributed by atoms with van der Waals surface area (Å²) in [6.07, 6.45) is 1.96. The van der Waals surface area contributed by atoms with Gasteiger partial charge in [0.25, 0.3) is 0 Å². The van der Waals surface area contributed by atoms with Crippen molar-refractivity contribution in [3.8, 4) is 0 Å². The lowest BCUT2D eigenvalue weighted by atomic mass is 10.1. The molecule has 1 aliphatic rings. The number of carboxylic acids is 1. The zero-order valence-electron chi connectivity index (χ0n) is 6.41. The molecule has 1 saturated heterocycles. The third-order valence-electron chi connectivity index (χ3n) is 2.04. The first-order valence-electron chi connectivity index (χ1n) is 3.58. The summed E-state index contributed by atoms with van der Waals surface area (Å²) in [4.78, 5) is 13.1. The van der Waals surface area contributed by atoms with E-state index < -0.39 is 5.97 Å². The van der Waals surface area contributed by atoms with Gasteiger partial charge in [-0.25, -0.2) is 0 Å². The van der Waals surface area contributed by atoms with Gasteiger partial charge in [-0.2, -0.15) is 0 Å². The summed E-state index contributed by atoms with van der Waals surface area (Å²) in [5, 5.41) is 8.51. The number of aliphatic carboxylic acids is 1. The van der Waals surface area contributed by atoms with Gasteiger partial charge in [0.1, 0.15) is 0 Å². The number of carboxylic acid groups (broad SMARTS) is 1. The highest BCUT2D eigenvalue weighted by molar-refractivity contribution is 7.80. The van der Waals surface area contributed by atoms with E-state index in [1.165, 1.54) is 0 Å². The van der Waals surface area contributed by atoms with Gasteiger partial charge in [-0.05, 0) is 12.8 Å². The molecule has 0 unspecified atom stereocenters. The molecule has 0 aromatic heterocycles. The number of likely N-dealkylation sites (tertiary alicyclic amines) is 1. The number of rotatable bonds is 2.